The number of hydrogen-bond acceptors (Lipinski definition) is 2. The summed E-state index contributed by atoms with van der Waals surface area (Å²) in [6.45, 7) is 4.91. The van der Waals surface area contributed by atoms with Gasteiger partial charge in [0.05, 0.1) is 5.41 Å². The average Bonchev–Trinajstić information content (AvgIpc) is 2.18. The molecular formula is C12H23NO2. The van der Waals surface area contributed by atoms with E-state index in [0.717, 1.165) is 25.7 Å². The van der Waals surface area contributed by atoms with Crippen molar-refractivity contribution in [1.82, 2.24) is 4.90 Å². The third-order valence-corrected chi connectivity index (χ3v) is 3.70. The number of rotatable bonds is 4. The summed E-state index contributed by atoms with van der Waals surface area (Å²) in [7, 11) is 2.02. The molecule has 0 bridgehead atoms. The van der Waals surface area contributed by atoms with E-state index in [1.54, 1.807) is 0 Å². The zero-order valence-corrected chi connectivity index (χ0v) is 10.1. The maximum Gasteiger partial charge on any atom is 0.310 e. The van der Waals surface area contributed by atoms with Gasteiger partial charge >= 0.3 is 5.97 Å². The molecule has 15 heavy (non-hydrogen) atoms. The highest BCUT2D eigenvalue weighted by Gasteiger charge is 2.40. The number of nitrogens with zero attached hydrogens (tertiary/aromatic N) is 1. The molecule has 1 aliphatic rings. The van der Waals surface area contributed by atoms with Crippen LogP contribution in [0, 0.1) is 5.41 Å². The Kier molecular flexibility index (Phi) is 4.14. The van der Waals surface area contributed by atoms with Crippen molar-refractivity contribution >= 4 is 5.97 Å². The first-order chi connectivity index (χ1) is 6.98. The summed E-state index contributed by atoms with van der Waals surface area (Å²) >= 11 is 0. The first-order valence-electron chi connectivity index (χ1n) is 5.91. The maximum atomic E-state index is 11.4. The largest absolute Gasteiger partial charge is 0.481 e. The number of carboxylic acid groups (broad SMARTS) is 1. The maximum absolute atomic E-state index is 11.4. The van der Waals surface area contributed by atoms with Crippen molar-refractivity contribution in [1.29, 1.82) is 0 Å². The summed E-state index contributed by atoms with van der Waals surface area (Å²) < 4.78 is 0. The Hall–Kier alpha value is -0.570. The predicted molar refractivity (Wildman–Crippen MR) is 60.9 cm³/mol. The van der Waals surface area contributed by atoms with E-state index in [2.05, 4.69) is 18.7 Å². The Balaban J connectivity index is 2.68. The lowest BCUT2D eigenvalue weighted by molar-refractivity contribution is -0.152. The molecule has 0 amide bonds. The molecule has 0 aromatic carbocycles. The van der Waals surface area contributed by atoms with Gasteiger partial charge in [-0.2, -0.15) is 0 Å². The molecule has 0 spiro atoms. The third-order valence-electron chi connectivity index (χ3n) is 3.70. The lowest BCUT2D eigenvalue weighted by Crippen LogP contribution is -2.45. The molecule has 3 nitrogen and oxygen atoms in total. The van der Waals surface area contributed by atoms with E-state index >= 15 is 0 Å². The SMILES string of the molecule is CC(C)N(C)CC1(C(=O)O)CCCCC1. The van der Waals surface area contributed by atoms with Crippen LogP contribution in [-0.2, 0) is 4.79 Å². The molecule has 1 fully saturated rings. The Labute approximate surface area is 92.5 Å². The van der Waals surface area contributed by atoms with Crippen molar-refractivity contribution in [3.05, 3.63) is 0 Å². The van der Waals surface area contributed by atoms with Crippen LogP contribution < -0.4 is 0 Å². The molecule has 0 aliphatic heterocycles. The number of hydrogen-bond donors (Lipinski definition) is 1. The fourth-order valence-corrected chi connectivity index (χ4v) is 2.33. The van der Waals surface area contributed by atoms with Crippen LogP contribution in [0.5, 0.6) is 0 Å². The van der Waals surface area contributed by atoms with E-state index in [9.17, 15) is 9.90 Å². The topological polar surface area (TPSA) is 40.5 Å². The van der Waals surface area contributed by atoms with Crippen LogP contribution in [0.1, 0.15) is 46.0 Å². The van der Waals surface area contributed by atoms with Gasteiger partial charge in [-0.25, -0.2) is 0 Å². The highest BCUT2D eigenvalue weighted by Crippen LogP contribution is 2.37. The van der Waals surface area contributed by atoms with Gasteiger partial charge in [-0.3, -0.25) is 4.79 Å². The van der Waals surface area contributed by atoms with Crippen LogP contribution in [0.2, 0.25) is 0 Å². The zero-order chi connectivity index (χ0) is 11.5. The Bertz CT molecular complexity index is 220. The summed E-state index contributed by atoms with van der Waals surface area (Å²) in [6.07, 6.45) is 5.02. The van der Waals surface area contributed by atoms with Crippen LogP contribution in [0.15, 0.2) is 0 Å². The molecule has 3 heteroatoms. The monoisotopic (exact) mass is 213 g/mol. The predicted octanol–water partition coefficient (Wildman–Crippen LogP) is 2.36. The highest BCUT2D eigenvalue weighted by atomic mass is 16.4. The van der Waals surface area contributed by atoms with Gasteiger partial charge in [0.1, 0.15) is 0 Å². The van der Waals surface area contributed by atoms with Gasteiger partial charge in [-0.15, -0.1) is 0 Å². The minimum atomic E-state index is -0.602. The Morgan fingerprint density at radius 1 is 1.33 bits per heavy atom. The van der Waals surface area contributed by atoms with E-state index in [1.807, 2.05) is 7.05 Å². The molecule has 0 radical (unpaired) electrons. The molecule has 1 N–H and O–H groups in total. The van der Waals surface area contributed by atoms with Crippen molar-refractivity contribution in [2.45, 2.75) is 52.0 Å². The van der Waals surface area contributed by atoms with Crippen LogP contribution in [0.25, 0.3) is 0 Å². The van der Waals surface area contributed by atoms with Gasteiger partial charge in [0.2, 0.25) is 0 Å². The fraction of sp³-hybridized carbons (Fsp3) is 0.917. The van der Waals surface area contributed by atoms with Crippen LogP contribution in [0.3, 0.4) is 0 Å². The molecule has 0 heterocycles. The molecule has 0 aromatic heterocycles. The number of aliphatic carboxylic acids is 1. The molecular weight excluding hydrogens is 190 g/mol. The van der Waals surface area contributed by atoms with E-state index in [1.165, 1.54) is 6.42 Å². The van der Waals surface area contributed by atoms with Gasteiger partial charge in [0.25, 0.3) is 0 Å². The Morgan fingerprint density at radius 2 is 1.87 bits per heavy atom. The molecule has 0 aromatic rings. The highest BCUT2D eigenvalue weighted by molar-refractivity contribution is 5.75. The molecule has 0 saturated heterocycles. The molecule has 0 unspecified atom stereocenters. The smallest absolute Gasteiger partial charge is 0.310 e. The van der Waals surface area contributed by atoms with Crippen molar-refractivity contribution < 1.29 is 9.90 Å². The normalized spacial score (nSPS) is 20.9. The standard InChI is InChI=1S/C12H23NO2/c1-10(2)13(3)9-12(11(14)15)7-5-4-6-8-12/h10H,4-9H2,1-3H3,(H,14,15). The first kappa shape index (κ1) is 12.5. The second kappa shape index (κ2) is 4.97. The van der Waals surface area contributed by atoms with Crippen molar-refractivity contribution in [3.63, 3.8) is 0 Å². The molecule has 0 atom stereocenters. The van der Waals surface area contributed by atoms with E-state index < -0.39 is 11.4 Å². The number of carbonyl (C=O) groups is 1. The third kappa shape index (κ3) is 2.94. The molecule has 1 aliphatic carbocycles. The van der Waals surface area contributed by atoms with E-state index in [4.69, 9.17) is 0 Å². The quantitative estimate of drug-likeness (QED) is 0.779. The minimum absolute atomic E-state index is 0.420. The summed E-state index contributed by atoms with van der Waals surface area (Å²) in [5, 5.41) is 9.39. The summed E-state index contributed by atoms with van der Waals surface area (Å²) in [6, 6.07) is 0.420. The molecule has 1 saturated carbocycles. The second-order valence-corrected chi connectivity index (χ2v) is 5.16. The van der Waals surface area contributed by atoms with Crippen molar-refractivity contribution in [2.75, 3.05) is 13.6 Å². The molecule has 1 rings (SSSR count). The lowest BCUT2D eigenvalue weighted by atomic mass is 9.73. The summed E-state index contributed by atoms with van der Waals surface area (Å²) in [4.78, 5) is 13.6. The lowest BCUT2D eigenvalue weighted by Gasteiger charge is -2.37. The van der Waals surface area contributed by atoms with Crippen LogP contribution in [-0.4, -0.2) is 35.6 Å². The van der Waals surface area contributed by atoms with E-state index in [0.29, 0.717) is 12.6 Å². The minimum Gasteiger partial charge on any atom is -0.481 e. The van der Waals surface area contributed by atoms with Gasteiger partial charge in [-0.1, -0.05) is 19.3 Å². The second-order valence-electron chi connectivity index (χ2n) is 5.16. The zero-order valence-electron chi connectivity index (χ0n) is 10.1. The summed E-state index contributed by atoms with van der Waals surface area (Å²) in [5.41, 5.74) is -0.475. The average molecular weight is 213 g/mol. The van der Waals surface area contributed by atoms with E-state index in [-0.39, 0.29) is 0 Å². The number of carboxylic acids is 1. The Morgan fingerprint density at radius 3 is 2.27 bits per heavy atom. The summed E-state index contributed by atoms with van der Waals surface area (Å²) in [5.74, 6) is -0.602. The van der Waals surface area contributed by atoms with Gasteiger partial charge in [-0.05, 0) is 33.7 Å². The fourth-order valence-electron chi connectivity index (χ4n) is 2.33. The van der Waals surface area contributed by atoms with Crippen molar-refractivity contribution in [3.8, 4) is 0 Å². The van der Waals surface area contributed by atoms with Gasteiger partial charge in [0.15, 0.2) is 0 Å². The first-order valence-corrected chi connectivity index (χ1v) is 5.91. The van der Waals surface area contributed by atoms with Crippen molar-refractivity contribution in [2.24, 2.45) is 5.41 Å². The van der Waals surface area contributed by atoms with Crippen LogP contribution in [0.4, 0.5) is 0 Å². The molecule has 88 valence electrons. The van der Waals surface area contributed by atoms with Crippen LogP contribution >= 0.6 is 0 Å². The van der Waals surface area contributed by atoms with Gasteiger partial charge < -0.3 is 10.0 Å². The van der Waals surface area contributed by atoms with Gasteiger partial charge in [0, 0.05) is 12.6 Å².